The fraction of sp³-hybridized carbons (Fsp3) is 0.300. The highest BCUT2D eigenvalue weighted by atomic mass is 15.0. The van der Waals surface area contributed by atoms with Crippen molar-refractivity contribution in [2.75, 3.05) is 0 Å². The number of fused-ring (bicyclic) bond motifs is 17. The first-order valence-electron chi connectivity index (χ1n) is 24.9. The first kappa shape index (κ1) is 35.6. The van der Waals surface area contributed by atoms with Crippen molar-refractivity contribution in [2.24, 2.45) is 0 Å². The van der Waals surface area contributed by atoms with Gasteiger partial charge in [-0.2, -0.15) is 0 Å². The van der Waals surface area contributed by atoms with Gasteiger partial charge in [-0.15, -0.1) is 0 Å². The molecule has 0 saturated heterocycles. The van der Waals surface area contributed by atoms with Gasteiger partial charge in [0.05, 0.1) is 11.0 Å². The summed E-state index contributed by atoms with van der Waals surface area (Å²) in [7, 11) is 0. The molecule has 3 heteroatoms. The molecule has 2 nitrogen and oxygen atoms in total. The lowest BCUT2D eigenvalue weighted by molar-refractivity contribution is 0.444. The smallest absolute Gasteiger partial charge is 0.252 e. The predicted octanol–water partition coefficient (Wildman–Crippen LogP) is 14.6. The summed E-state index contributed by atoms with van der Waals surface area (Å²) in [5.74, 6) is 1.92. The molecule has 63 heavy (non-hydrogen) atoms. The average Bonchev–Trinajstić information content (AvgIpc) is 3.88. The lowest BCUT2D eigenvalue weighted by Crippen LogP contribution is -2.59. The van der Waals surface area contributed by atoms with Crippen molar-refractivity contribution in [1.82, 2.24) is 9.13 Å². The molecule has 0 amide bonds. The highest BCUT2D eigenvalue weighted by Gasteiger charge is 2.42. The Morgan fingerprint density at radius 3 is 1.44 bits per heavy atom. The molecule has 2 aliphatic heterocycles. The second kappa shape index (κ2) is 13.4. The van der Waals surface area contributed by atoms with Gasteiger partial charge in [-0.3, -0.25) is 0 Å². The minimum absolute atomic E-state index is 0.170. The summed E-state index contributed by atoms with van der Waals surface area (Å²) in [5.41, 5.74) is 17.7. The molecule has 0 radical (unpaired) electrons. The third kappa shape index (κ3) is 4.87. The Morgan fingerprint density at radius 2 is 0.825 bits per heavy atom. The van der Waals surface area contributed by atoms with Gasteiger partial charge in [0.1, 0.15) is 0 Å². The third-order valence-corrected chi connectivity index (χ3v) is 17.4. The quantitative estimate of drug-likeness (QED) is 0.124. The maximum absolute atomic E-state index is 2.74. The number of hydrogen-bond donors (Lipinski definition) is 0. The summed E-state index contributed by atoms with van der Waals surface area (Å²) in [4.78, 5) is 0. The topological polar surface area (TPSA) is 9.86 Å². The fourth-order valence-electron chi connectivity index (χ4n) is 14.6. The van der Waals surface area contributed by atoms with Crippen molar-refractivity contribution < 1.29 is 0 Å². The third-order valence-electron chi connectivity index (χ3n) is 17.4. The number of nitrogens with zero attached hydrogens (tertiary/aromatic N) is 2. The molecule has 0 atom stereocenters. The zero-order valence-electron chi connectivity index (χ0n) is 36.4. The van der Waals surface area contributed by atoms with Crippen LogP contribution < -0.4 is 16.4 Å². The monoisotopic (exact) mass is 812 g/mol. The molecule has 3 aliphatic carbocycles. The Hall–Kier alpha value is -5.80. The summed E-state index contributed by atoms with van der Waals surface area (Å²) in [6.45, 7) is 0.170. The van der Waals surface area contributed by atoms with Crippen LogP contribution in [-0.4, -0.2) is 15.8 Å². The van der Waals surface area contributed by atoms with Crippen LogP contribution in [0.25, 0.3) is 87.3 Å². The molecule has 0 bridgehead atoms. The molecule has 4 heterocycles. The zero-order valence-corrected chi connectivity index (χ0v) is 36.4. The molecule has 306 valence electrons. The number of benzene rings is 8. The van der Waals surface area contributed by atoms with Gasteiger partial charge >= 0.3 is 0 Å². The van der Waals surface area contributed by atoms with Crippen molar-refractivity contribution in [3.05, 3.63) is 138 Å². The van der Waals surface area contributed by atoms with Gasteiger partial charge in [0.15, 0.2) is 0 Å². The molecule has 10 aromatic rings. The van der Waals surface area contributed by atoms with E-state index in [0.717, 1.165) is 0 Å². The van der Waals surface area contributed by atoms with E-state index in [1.807, 2.05) is 0 Å². The fourth-order valence-corrected chi connectivity index (χ4v) is 14.6. The lowest BCUT2D eigenvalue weighted by Gasteiger charge is -2.35. The Labute approximate surface area is 370 Å². The van der Waals surface area contributed by atoms with E-state index < -0.39 is 0 Å². The molecule has 0 spiro atoms. The predicted molar refractivity (Wildman–Crippen MR) is 270 cm³/mol. The Balaban J connectivity index is 1.10. The summed E-state index contributed by atoms with van der Waals surface area (Å²) >= 11 is 0. The van der Waals surface area contributed by atoms with Gasteiger partial charge in [-0.1, -0.05) is 137 Å². The van der Waals surface area contributed by atoms with E-state index >= 15 is 0 Å². The molecular weight excluding hydrogens is 759 g/mol. The molecule has 3 fully saturated rings. The highest BCUT2D eigenvalue weighted by molar-refractivity contribution is 7.00. The molecule has 15 rings (SSSR count). The maximum Gasteiger partial charge on any atom is 0.252 e. The number of rotatable bonds is 3. The van der Waals surface area contributed by atoms with Crippen LogP contribution in [0.1, 0.15) is 131 Å². The Morgan fingerprint density at radius 1 is 0.349 bits per heavy atom. The second-order valence-electron chi connectivity index (χ2n) is 20.6. The number of hydrogen-bond acceptors (Lipinski definition) is 0. The summed E-state index contributed by atoms with van der Waals surface area (Å²) in [5, 5.41) is 14.0. The molecule has 0 N–H and O–H groups in total. The van der Waals surface area contributed by atoms with E-state index in [-0.39, 0.29) is 6.71 Å². The standard InChI is InChI=1S/C60H53BN2/c1-4-15-36(16-5-1)39-27-29-52-47(31-39)48-32-40(37-17-6-2-7-18-37)34-50-59(48)62(52)54-25-14-26-55-58(54)61(50)51-35-41(38-19-8-3-9-20-38)33-49-57-53(63(55)60(49)51)30-28-46-44-23-11-10-21-42(44)43-22-12-13-24-45(43)56(46)57/h10-14,21-38H,1-9,15-20H2. The molecule has 3 saturated carbocycles. The molecule has 8 aromatic carbocycles. The van der Waals surface area contributed by atoms with Crippen molar-refractivity contribution in [3.8, 4) is 11.4 Å². The van der Waals surface area contributed by atoms with Gasteiger partial charge in [-0.25, -0.2) is 0 Å². The highest BCUT2D eigenvalue weighted by Crippen LogP contribution is 2.47. The molecular formula is C60H53BN2. The van der Waals surface area contributed by atoms with E-state index in [9.17, 15) is 0 Å². The van der Waals surface area contributed by atoms with Crippen molar-refractivity contribution in [2.45, 2.75) is 114 Å². The van der Waals surface area contributed by atoms with E-state index in [1.54, 1.807) is 22.2 Å². The summed E-state index contributed by atoms with van der Waals surface area (Å²) in [6.07, 6.45) is 20.1. The van der Waals surface area contributed by atoms with Gasteiger partial charge < -0.3 is 9.13 Å². The van der Waals surface area contributed by atoms with Crippen LogP contribution in [0.4, 0.5) is 0 Å². The van der Waals surface area contributed by atoms with E-state index in [2.05, 4.69) is 130 Å². The Kier molecular flexibility index (Phi) is 7.56. The summed E-state index contributed by atoms with van der Waals surface area (Å²) in [6, 6.07) is 49.1. The second-order valence-corrected chi connectivity index (χ2v) is 20.6. The molecule has 2 aromatic heterocycles. The van der Waals surface area contributed by atoms with Crippen LogP contribution in [0.3, 0.4) is 0 Å². The van der Waals surface area contributed by atoms with E-state index in [1.165, 1.54) is 195 Å². The summed E-state index contributed by atoms with van der Waals surface area (Å²) < 4.78 is 5.45. The van der Waals surface area contributed by atoms with Crippen molar-refractivity contribution in [3.63, 3.8) is 0 Å². The molecule has 5 aliphatic rings. The first-order chi connectivity index (χ1) is 31.3. The minimum Gasteiger partial charge on any atom is -0.310 e. The van der Waals surface area contributed by atoms with Crippen LogP contribution in [0.15, 0.2) is 121 Å². The van der Waals surface area contributed by atoms with Crippen LogP contribution in [-0.2, 0) is 0 Å². The largest absolute Gasteiger partial charge is 0.310 e. The van der Waals surface area contributed by atoms with Crippen LogP contribution in [0, 0.1) is 0 Å². The molecule has 0 unspecified atom stereocenters. The zero-order chi connectivity index (χ0) is 40.9. The van der Waals surface area contributed by atoms with Crippen molar-refractivity contribution >= 4 is 99.0 Å². The van der Waals surface area contributed by atoms with Gasteiger partial charge in [0, 0.05) is 49.3 Å². The van der Waals surface area contributed by atoms with Gasteiger partial charge in [0.25, 0.3) is 6.71 Å². The minimum atomic E-state index is 0.170. The van der Waals surface area contributed by atoms with E-state index in [0.29, 0.717) is 17.8 Å². The first-order valence-corrected chi connectivity index (χ1v) is 24.9. The maximum atomic E-state index is 2.74. The lowest BCUT2D eigenvalue weighted by atomic mass is 9.34. The number of aromatic nitrogens is 2. The van der Waals surface area contributed by atoms with Gasteiger partial charge in [0.2, 0.25) is 0 Å². The van der Waals surface area contributed by atoms with Crippen LogP contribution >= 0.6 is 0 Å². The Bertz CT molecular complexity index is 3550. The van der Waals surface area contributed by atoms with E-state index in [4.69, 9.17) is 0 Å². The van der Waals surface area contributed by atoms with Crippen molar-refractivity contribution in [1.29, 1.82) is 0 Å². The normalized spacial score (nSPS) is 18.3. The SMILES string of the molecule is c1cc2c3c(c1)-n1c4ccc5c6ccccc6c6ccccc6c5c4c4cc(C5CCCCC5)cc(c41)B3c1cc(C3CCCCC3)cc3c4cc(C5CCCCC5)ccc4n-2c13. The van der Waals surface area contributed by atoms with Gasteiger partial charge in [-0.05, 0) is 159 Å². The van der Waals surface area contributed by atoms with Crippen LogP contribution in [0.2, 0.25) is 0 Å². The average molecular weight is 813 g/mol. The van der Waals surface area contributed by atoms with Crippen LogP contribution in [0.5, 0.6) is 0 Å².